The van der Waals surface area contributed by atoms with Crippen LogP contribution in [0, 0.1) is 0 Å². The highest BCUT2D eigenvalue weighted by molar-refractivity contribution is 5.85. The average Bonchev–Trinajstić information content (AvgIpc) is 3.10. The van der Waals surface area contributed by atoms with Crippen LogP contribution < -0.4 is 10.1 Å². The Morgan fingerprint density at radius 2 is 1.78 bits per heavy atom. The molecule has 124 valence electrons. The molecule has 1 N–H and O–H groups in total. The second-order valence-electron chi connectivity index (χ2n) is 5.98. The molecule has 23 heavy (non-hydrogen) atoms. The molecule has 0 bridgehead atoms. The molecule has 0 spiro atoms. The van der Waals surface area contributed by atoms with E-state index in [1.165, 1.54) is 17.5 Å². The quantitative estimate of drug-likeness (QED) is 0.876. The Morgan fingerprint density at radius 3 is 2.43 bits per heavy atom. The highest BCUT2D eigenvalue weighted by atomic mass is 35.5. The van der Waals surface area contributed by atoms with Gasteiger partial charge in [0.15, 0.2) is 0 Å². The van der Waals surface area contributed by atoms with Crippen LogP contribution >= 0.6 is 12.4 Å². The van der Waals surface area contributed by atoms with Crippen molar-refractivity contribution in [2.75, 3.05) is 20.1 Å². The zero-order chi connectivity index (χ0) is 15.2. The molecule has 3 rings (SSSR count). The number of ether oxygens (including phenoxy) is 1. The zero-order valence-corrected chi connectivity index (χ0v) is 14.4. The molecule has 0 saturated carbocycles. The Morgan fingerprint density at radius 1 is 1.04 bits per heavy atom. The van der Waals surface area contributed by atoms with E-state index >= 15 is 0 Å². The standard InChI is InChI=1S/C19H24N2O.ClH/c1-21(18-11-12-20-13-18)14-16-7-9-19(10-8-16)22-15-17-5-3-2-4-6-17;/h2-10,18,20H,11-15H2,1H3;1H. The van der Waals surface area contributed by atoms with Crippen LogP contribution in [0.1, 0.15) is 17.5 Å². The highest BCUT2D eigenvalue weighted by Gasteiger charge is 2.18. The molecule has 4 heteroatoms. The SMILES string of the molecule is CN(Cc1ccc(OCc2ccccc2)cc1)C1CCNC1.Cl. The van der Waals surface area contributed by atoms with Crippen molar-refractivity contribution in [1.82, 2.24) is 10.2 Å². The summed E-state index contributed by atoms with van der Waals surface area (Å²) in [7, 11) is 2.21. The van der Waals surface area contributed by atoms with Crippen molar-refractivity contribution >= 4 is 12.4 Å². The Hall–Kier alpha value is -1.55. The van der Waals surface area contributed by atoms with Crippen molar-refractivity contribution in [2.45, 2.75) is 25.6 Å². The summed E-state index contributed by atoms with van der Waals surface area (Å²) >= 11 is 0. The number of hydrogen-bond acceptors (Lipinski definition) is 3. The molecule has 0 radical (unpaired) electrons. The summed E-state index contributed by atoms with van der Waals surface area (Å²) in [5.41, 5.74) is 2.53. The predicted octanol–water partition coefficient (Wildman–Crippen LogP) is 3.48. The van der Waals surface area contributed by atoms with Gasteiger partial charge in [0.25, 0.3) is 0 Å². The molecule has 1 atom stereocenters. The molecular weight excluding hydrogens is 308 g/mol. The third-order valence-electron chi connectivity index (χ3n) is 4.26. The van der Waals surface area contributed by atoms with Gasteiger partial charge in [-0.15, -0.1) is 12.4 Å². The lowest BCUT2D eigenvalue weighted by Crippen LogP contribution is -2.32. The lowest BCUT2D eigenvalue weighted by atomic mass is 10.1. The number of rotatable bonds is 6. The summed E-state index contributed by atoms with van der Waals surface area (Å²) in [5.74, 6) is 0.929. The van der Waals surface area contributed by atoms with Gasteiger partial charge in [-0.25, -0.2) is 0 Å². The molecule has 3 nitrogen and oxygen atoms in total. The van der Waals surface area contributed by atoms with E-state index in [0.29, 0.717) is 12.6 Å². The fourth-order valence-corrected chi connectivity index (χ4v) is 2.86. The normalized spacial score (nSPS) is 17.0. The average molecular weight is 333 g/mol. The molecule has 1 fully saturated rings. The first-order valence-electron chi connectivity index (χ1n) is 7.98. The van der Waals surface area contributed by atoms with Gasteiger partial charge in [0, 0.05) is 19.1 Å². The fourth-order valence-electron chi connectivity index (χ4n) is 2.86. The van der Waals surface area contributed by atoms with Crippen molar-refractivity contribution < 1.29 is 4.74 Å². The monoisotopic (exact) mass is 332 g/mol. The maximum atomic E-state index is 5.83. The highest BCUT2D eigenvalue weighted by Crippen LogP contribution is 2.17. The molecule has 1 unspecified atom stereocenters. The number of hydrogen-bond donors (Lipinski definition) is 1. The van der Waals surface area contributed by atoms with Crippen LogP contribution in [0.15, 0.2) is 54.6 Å². The molecule has 1 aliphatic heterocycles. The lowest BCUT2D eigenvalue weighted by Gasteiger charge is -2.23. The topological polar surface area (TPSA) is 24.5 Å². The van der Waals surface area contributed by atoms with Gasteiger partial charge in [0.2, 0.25) is 0 Å². The minimum atomic E-state index is 0. The van der Waals surface area contributed by atoms with E-state index < -0.39 is 0 Å². The Balaban J connectivity index is 0.00000192. The Bertz CT molecular complexity index is 568. The summed E-state index contributed by atoms with van der Waals surface area (Å²) in [4.78, 5) is 2.43. The van der Waals surface area contributed by atoms with E-state index in [9.17, 15) is 0 Å². The van der Waals surface area contributed by atoms with Crippen LogP contribution in [0.3, 0.4) is 0 Å². The van der Waals surface area contributed by atoms with Gasteiger partial charge >= 0.3 is 0 Å². The summed E-state index contributed by atoms with van der Waals surface area (Å²) in [6.45, 7) is 3.86. The number of benzene rings is 2. The van der Waals surface area contributed by atoms with Crippen molar-refractivity contribution in [3.05, 3.63) is 65.7 Å². The molecule has 1 heterocycles. The van der Waals surface area contributed by atoms with Gasteiger partial charge in [-0.1, -0.05) is 42.5 Å². The first kappa shape index (κ1) is 17.8. The van der Waals surface area contributed by atoms with Crippen LogP contribution in [-0.4, -0.2) is 31.1 Å². The number of nitrogens with zero attached hydrogens (tertiary/aromatic N) is 1. The summed E-state index contributed by atoms with van der Waals surface area (Å²) < 4.78 is 5.83. The van der Waals surface area contributed by atoms with Gasteiger partial charge in [-0.2, -0.15) is 0 Å². The third kappa shape index (κ3) is 5.24. The molecule has 0 amide bonds. The Labute approximate surface area is 145 Å². The Kier molecular flexibility index (Phi) is 6.90. The second kappa shape index (κ2) is 8.92. The summed E-state index contributed by atoms with van der Waals surface area (Å²) in [6.07, 6.45) is 1.24. The van der Waals surface area contributed by atoms with E-state index in [2.05, 4.69) is 53.7 Å². The lowest BCUT2D eigenvalue weighted by molar-refractivity contribution is 0.248. The van der Waals surface area contributed by atoms with Gasteiger partial charge in [-0.3, -0.25) is 4.90 Å². The van der Waals surface area contributed by atoms with E-state index in [4.69, 9.17) is 4.74 Å². The summed E-state index contributed by atoms with van der Waals surface area (Å²) in [5, 5.41) is 3.42. The predicted molar refractivity (Wildman–Crippen MR) is 97.2 cm³/mol. The van der Waals surface area contributed by atoms with Crippen molar-refractivity contribution in [2.24, 2.45) is 0 Å². The van der Waals surface area contributed by atoms with Gasteiger partial charge < -0.3 is 10.1 Å². The van der Waals surface area contributed by atoms with Crippen LogP contribution in [0.4, 0.5) is 0 Å². The second-order valence-corrected chi connectivity index (χ2v) is 5.98. The maximum Gasteiger partial charge on any atom is 0.119 e. The van der Waals surface area contributed by atoms with Gasteiger partial charge in [-0.05, 0) is 43.3 Å². The van der Waals surface area contributed by atoms with Crippen molar-refractivity contribution in [1.29, 1.82) is 0 Å². The zero-order valence-electron chi connectivity index (χ0n) is 13.6. The van der Waals surface area contributed by atoms with Crippen LogP contribution in [0.25, 0.3) is 0 Å². The first-order chi connectivity index (χ1) is 10.8. The maximum absolute atomic E-state index is 5.83. The molecule has 2 aromatic rings. The number of likely N-dealkylation sites (N-methyl/N-ethyl adjacent to an activating group) is 1. The van der Waals surface area contributed by atoms with E-state index in [-0.39, 0.29) is 12.4 Å². The number of nitrogens with one attached hydrogen (secondary N) is 1. The molecule has 0 aromatic heterocycles. The molecule has 2 aromatic carbocycles. The van der Waals surface area contributed by atoms with Crippen LogP contribution in [0.5, 0.6) is 5.75 Å². The minimum absolute atomic E-state index is 0. The summed E-state index contributed by atoms with van der Waals surface area (Å²) in [6, 6.07) is 19.4. The molecular formula is C19H25ClN2O. The number of halogens is 1. The van der Waals surface area contributed by atoms with E-state index in [0.717, 1.165) is 25.4 Å². The van der Waals surface area contributed by atoms with Gasteiger partial charge in [0.1, 0.15) is 12.4 Å². The molecule has 1 aliphatic rings. The van der Waals surface area contributed by atoms with Gasteiger partial charge in [0.05, 0.1) is 0 Å². The smallest absolute Gasteiger partial charge is 0.119 e. The first-order valence-corrected chi connectivity index (χ1v) is 7.98. The largest absolute Gasteiger partial charge is 0.489 e. The van der Waals surface area contributed by atoms with E-state index in [1.807, 2.05) is 18.2 Å². The van der Waals surface area contributed by atoms with Crippen molar-refractivity contribution in [3.63, 3.8) is 0 Å². The fraction of sp³-hybridized carbons (Fsp3) is 0.368. The van der Waals surface area contributed by atoms with Crippen LogP contribution in [-0.2, 0) is 13.2 Å². The molecule has 0 aliphatic carbocycles. The minimum Gasteiger partial charge on any atom is -0.489 e. The molecule has 1 saturated heterocycles. The van der Waals surface area contributed by atoms with Crippen molar-refractivity contribution in [3.8, 4) is 5.75 Å². The van der Waals surface area contributed by atoms with E-state index in [1.54, 1.807) is 0 Å². The third-order valence-corrected chi connectivity index (χ3v) is 4.26. The van der Waals surface area contributed by atoms with Crippen LogP contribution in [0.2, 0.25) is 0 Å².